The van der Waals surface area contributed by atoms with Gasteiger partial charge < -0.3 is 0 Å². The van der Waals surface area contributed by atoms with Gasteiger partial charge >= 0.3 is 29.7 Å². The zero-order valence-electron chi connectivity index (χ0n) is 14.0. The standard InChI is InChI=1S/2C6H16P2.ClH.N.Tc/c2*1-7(2)5-6-8(3)4;;;/h2*5-6H2,1-4H3;1H;;/q;;;;+1/p+3/i;;;;1+1. The summed E-state index contributed by atoms with van der Waals surface area (Å²) < 4.78 is 7.44. The van der Waals surface area contributed by atoms with Crippen molar-refractivity contribution < 1.29 is 16.3 Å². The summed E-state index contributed by atoms with van der Waals surface area (Å²) in [6.45, 7) is 19.2. The van der Waals surface area contributed by atoms with Gasteiger partial charge in [-0.15, -0.1) is 0 Å². The predicted octanol–water partition coefficient (Wildman–Crippen LogP) is 4.57. The minimum atomic E-state index is -0.938. The molecule has 0 aliphatic rings. The van der Waals surface area contributed by atoms with Crippen LogP contribution in [-0.2, 0) is 16.3 Å². The Kier molecular flexibility index (Phi) is 28.2. The van der Waals surface area contributed by atoms with E-state index in [0.717, 1.165) is 0 Å². The van der Waals surface area contributed by atoms with Crippen LogP contribution in [0.1, 0.15) is 0 Å². The fraction of sp³-hybridized carbons (Fsp3) is 1.00. The molecule has 0 amide bonds. The average Bonchev–Trinajstić information content (AvgIpc) is 2.25. The molecule has 0 aromatic carbocycles. The first-order chi connectivity index (χ1) is 8.67. The minimum absolute atomic E-state index is 0.0957. The van der Waals surface area contributed by atoms with Gasteiger partial charge in [0.15, 0.2) is 0 Å². The van der Waals surface area contributed by atoms with E-state index in [2.05, 4.69) is 62.9 Å². The molecule has 0 fully saturated rings. The maximum absolute atomic E-state index is 7.44. The van der Waals surface area contributed by atoms with Crippen LogP contribution in [0.2, 0.25) is 0 Å². The second-order valence-corrected chi connectivity index (χ2v) is 18.6. The van der Waals surface area contributed by atoms with Crippen molar-refractivity contribution in [3.63, 3.8) is 0 Å². The molecule has 0 saturated carbocycles. The first kappa shape index (κ1) is 26.3. The molecule has 0 atom stereocenters. The van der Waals surface area contributed by atoms with Crippen LogP contribution >= 0.6 is 41.3 Å². The summed E-state index contributed by atoms with van der Waals surface area (Å²) in [5.74, 6) is 0. The van der Waals surface area contributed by atoms with Crippen LogP contribution in [0.4, 0.5) is 0 Å². The van der Waals surface area contributed by atoms with Gasteiger partial charge in [-0.05, 0) is 31.7 Å². The van der Waals surface area contributed by atoms with E-state index < -0.39 is 16.3 Å². The molecule has 0 aliphatic heterocycles. The SMILES string of the molecule is C[PH+](C)CC[PH+](C)C.C[PH+](C)CC[PH+](C)C.[N]#[99Tc][Cl]. The van der Waals surface area contributed by atoms with Crippen molar-refractivity contribution in [1.29, 1.82) is 3.84 Å². The monoisotopic (exact) mass is 452 g/mol. The van der Waals surface area contributed by atoms with E-state index in [1.165, 1.54) is 24.6 Å². The molecule has 0 heterocycles. The van der Waals surface area contributed by atoms with Crippen molar-refractivity contribution in [2.75, 3.05) is 78.0 Å². The van der Waals surface area contributed by atoms with Gasteiger partial charge in [-0.3, -0.25) is 0 Å². The van der Waals surface area contributed by atoms with E-state index in [-0.39, 0.29) is 31.7 Å². The van der Waals surface area contributed by atoms with Gasteiger partial charge in [-0.1, -0.05) is 0 Å². The van der Waals surface area contributed by atoms with Crippen molar-refractivity contribution >= 4 is 41.3 Å². The quantitative estimate of drug-likeness (QED) is 0.542. The van der Waals surface area contributed by atoms with Gasteiger partial charge in [0.2, 0.25) is 0 Å². The molecule has 0 saturated heterocycles. The van der Waals surface area contributed by atoms with Crippen LogP contribution in [0.5, 0.6) is 0 Å². The van der Waals surface area contributed by atoms with Crippen LogP contribution in [0, 0.1) is 3.84 Å². The third kappa shape index (κ3) is 44.9. The Morgan fingerprint density at radius 3 is 0.789 bits per heavy atom. The van der Waals surface area contributed by atoms with E-state index in [1.807, 2.05) is 0 Å². The number of halogens is 1. The van der Waals surface area contributed by atoms with E-state index in [4.69, 9.17) is 3.84 Å². The Morgan fingerprint density at radius 2 is 0.737 bits per heavy atom. The normalized spacial score (nSPS) is 10.1. The first-order valence-electron chi connectivity index (χ1n) is 6.73. The molecule has 0 bridgehead atoms. The topological polar surface area (TPSA) is 23.8 Å². The van der Waals surface area contributed by atoms with Crippen molar-refractivity contribution in [3.05, 3.63) is 0 Å². The molecule has 0 aliphatic carbocycles. The molecule has 0 spiro atoms. The van der Waals surface area contributed by atoms with Gasteiger partial charge in [0.1, 0.15) is 0 Å². The van der Waals surface area contributed by atoms with Gasteiger partial charge in [0, 0.05) is 53.3 Å². The van der Waals surface area contributed by atoms with Crippen LogP contribution in [0.25, 0.3) is 0 Å². The number of hydrogen-bond donors (Lipinski definition) is 0. The Hall–Kier alpha value is 2.37. The molecule has 0 aromatic heterocycles. The Morgan fingerprint density at radius 1 is 0.632 bits per heavy atom. The number of rotatable bonds is 6. The fourth-order valence-electron chi connectivity index (χ4n) is 1.000. The molecule has 0 unspecified atom stereocenters. The molecule has 7 heteroatoms. The Balaban J connectivity index is -0.000000224. The fourth-order valence-corrected chi connectivity index (χ4v) is 9.00. The molecule has 1 nitrogen and oxygen atoms in total. The molecule has 19 heavy (non-hydrogen) atoms. The van der Waals surface area contributed by atoms with E-state index >= 15 is 0 Å². The summed E-state index contributed by atoms with van der Waals surface area (Å²) in [6, 6.07) is 0. The molecule has 0 N–H and O–H groups in total. The first-order valence-corrected chi connectivity index (χ1v) is 20.8. The Labute approximate surface area is 139 Å². The summed E-state index contributed by atoms with van der Waals surface area (Å²) >= 11 is -0.938. The van der Waals surface area contributed by atoms with E-state index in [1.54, 1.807) is 0 Å². The third-order valence-electron chi connectivity index (χ3n) is 2.25. The zero-order chi connectivity index (χ0) is 15.8. The van der Waals surface area contributed by atoms with Crippen molar-refractivity contribution in [2.45, 2.75) is 0 Å². The summed E-state index contributed by atoms with van der Waals surface area (Å²) in [4.78, 5) is 0. The number of hydrogen-bond acceptors (Lipinski definition) is 1. The Bertz CT molecular complexity index is 176. The summed E-state index contributed by atoms with van der Waals surface area (Å²) in [6.07, 6.45) is 6.13. The maximum atomic E-state index is 7.44. The summed E-state index contributed by atoms with van der Waals surface area (Å²) in [7, 11) is 5.05. The van der Waals surface area contributed by atoms with Gasteiger partial charge in [0.25, 0.3) is 0 Å². The van der Waals surface area contributed by atoms with Crippen molar-refractivity contribution in [3.8, 4) is 0 Å². The second kappa shape index (κ2) is 20.4. The number of nitrogens with zero attached hydrogens (tertiary/aromatic N) is 1. The van der Waals surface area contributed by atoms with Crippen LogP contribution in [-0.4, -0.2) is 78.0 Å². The molecule has 0 aromatic rings. The second-order valence-electron chi connectivity index (χ2n) is 5.89. The summed E-state index contributed by atoms with van der Waals surface area (Å²) in [5.41, 5.74) is 0. The molecular formula is C12H36ClNP4Tc+4. The van der Waals surface area contributed by atoms with Gasteiger partial charge in [-0.2, -0.15) is 0 Å². The molecule has 119 valence electrons. The van der Waals surface area contributed by atoms with Crippen molar-refractivity contribution in [1.82, 2.24) is 0 Å². The molecule has 0 rings (SSSR count). The third-order valence-corrected chi connectivity index (χ3v) is 8.25. The van der Waals surface area contributed by atoms with Crippen LogP contribution in [0.15, 0.2) is 0 Å². The van der Waals surface area contributed by atoms with Gasteiger partial charge in [0.05, 0.1) is 24.6 Å². The van der Waals surface area contributed by atoms with Gasteiger partial charge in [-0.25, -0.2) is 0 Å². The van der Waals surface area contributed by atoms with E-state index in [9.17, 15) is 0 Å². The predicted molar refractivity (Wildman–Crippen MR) is 108 cm³/mol. The molecule has 0 radical (unpaired) electrons. The van der Waals surface area contributed by atoms with Crippen molar-refractivity contribution in [2.24, 2.45) is 0 Å². The average molecular weight is 453 g/mol. The summed E-state index contributed by atoms with van der Waals surface area (Å²) in [5, 5.41) is 0. The zero-order valence-corrected chi connectivity index (χ0v) is 20.6. The van der Waals surface area contributed by atoms with E-state index in [0.29, 0.717) is 0 Å². The van der Waals surface area contributed by atoms with Crippen LogP contribution < -0.4 is 0 Å². The molecular weight excluding hydrogens is 416 g/mol. The van der Waals surface area contributed by atoms with Crippen LogP contribution in [0.3, 0.4) is 0 Å².